The Hall–Kier alpha value is -1.23. The fraction of sp³-hybridized carbons (Fsp3) is 0.667. The van der Waals surface area contributed by atoms with Gasteiger partial charge in [-0.25, -0.2) is 9.97 Å². The summed E-state index contributed by atoms with van der Waals surface area (Å²) in [6, 6.07) is 0.374. The van der Waals surface area contributed by atoms with Crippen molar-refractivity contribution in [2.75, 3.05) is 5.32 Å². The predicted octanol–water partition coefficient (Wildman–Crippen LogP) is 3.13. The lowest BCUT2D eigenvalue weighted by atomic mass is 9.63. The zero-order valence-electron chi connectivity index (χ0n) is 12.7. The van der Waals surface area contributed by atoms with Crippen LogP contribution >= 0.6 is 12.2 Å². The van der Waals surface area contributed by atoms with Gasteiger partial charge in [0.2, 0.25) is 0 Å². The molecular weight excluding hydrogens is 268 g/mol. The van der Waals surface area contributed by atoms with E-state index < -0.39 is 0 Å². The van der Waals surface area contributed by atoms with Gasteiger partial charge in [0.25, 0.3) is 0 Å². The lowest BCUT2D eigenvalue weighted by molar-refractivity contribution is 0.105. The average Bonchev–Trinajstić information content (AvgIpc) is 2.24. The van der Waals surface area contributed by atoms with E-state index in [1.807, 2.05) is 0 Å². The maximum Gasteiger partial charge on any atom is 0.155 e. The van der Waals surface area contributed by atoms with E-state index in [0.29, 0.717) is 28.4 Å². The van der Waals surface area contributed by atoms with Gasteiger partial charge in [-0.05, 0) is 30.1 Å². The van der Waals surface area contributed by atoms with Gasteiger partial charge in [0.05, 0.1) is 0 Å². The monoisotopic (exact) mass is 292 g/mol. The van der Waals surface area contributed by atoms with Crippen molar-refractivity contribution in [3.8, 4) is 0 Å². The number of hydrogen-bond donors (Lipinski definition) is 2. The zero-order valence-corrected chi connectivity index (χ0v) is 13.5. The highest BCUT2D eigenvalue weighted by atomic mass is 32.1. The molecule has 0 radical (unpaired) electrons. The summed E-state index contributed by atoms with van der Waals surface area (Å²) in [5.74, 6) is 0.707. The average molecular weight is 292 g/mol. The quantitative estimate of drug-likeness (QED) is 0.838. The summed E-state index contributed by atoms with van der Waals surface area (Å²) in [6.07, 6.45) is 6.76. The fourth-order valence-electron chi connectivity index (χ4n) is 3.77. The van der Waals surface area contributed by atoms with E-state index in [1.54, 1.807) is 12.4 Å². The van der Waals surface area contributed by atoms with E-state index >= 15 is 0 Å². The van der Waals surface area contributed by atoms with Crippen molar-refractivity contribution >= 4 is 23.0 Å². The van der Waals surface area contributed by atoms with Crippen LogP contribution in [0.3, 0.4) is 0 Å². The summed E-state index contributed by atoms with van der Waals surface area (Å²) < 4.78 is 0. The Morgan fingerprint density at radius 2 is 1.75 bits per heavy atom. The molecule has 3 N–H and O–H groups in total. The lowest BCUT2D eigenvalue weighted by Gasteiger charge is -2.45. The Bertz CT molecular complexity index is 494. The Labute approximate surface area is 126 Å². The van der Waals surface area contributed by atoms with Crippen LogP contribution in [0, 0.1) is 10.8 Å². The van der Waals surface area contributed by atoms with Crippen LogP contribution in [-0.4, -0.2) is 21.0 Å². The van der Waals surface area contributed by atoms with Crippen LogP contribution in [0.15, 0.2) is 12.4 Å². The topological polar surface area (TPSA) is 63.8 Å². The molecular formula is C15H24N4S. The third kappa shape index (κ3) is 3.66. The molecule has 1 saturated carbocycles. The number of thiocarbonyl (C=S) groups is 1. The number of anilines is 1. The molecule has 1 aliphatic rings. The van der Waals surface area contributed by atoms with E-state index in [-0.39, 0.29) is 4.99 Å². The van der Waals surface area contributed by atoms with Crippen LogP contribution in [0.25, 0.3) is 0 Å². The molecule has 0 aromatic carbocycles. The van der Waals surface area contributed by atoms with Crippen molar-refractivity contribution in [1.29, 1.82) is 0 Å². The van der Waals surface area contributed by atoms with Crippen LogP contribution < -0.4 is 11.1 Å². The number of nitrogens with one attached hydrogen (secondary N) is 1. The molecule has 0 atom stereocenters. The van der Waals surface area contributed by atoms with Gasteiger partial charge in [-0.15, -0.1) is 0 Å². The van der Waals surface area contributed by atoms with Crippen molar-refractivity contribution in [3.05, 3.63) is 18.1 Å². The maximum atomic E-state index is 5.72. The van der Waals surface area contributed by atoms with Gasteiger partial charge in [0, 0.05) is 18.4 Å². The Morgan fingerprint density at radius 3 is 2.30 bits per heavy atom. The van der Waals surface area contributed by atoms with Gasteiger partial charge in [-0.3, -0.25) is 0 Å². The first kappa shape index (κ1) is 15.2. The normalized spacial score (nSPS) is 21.4. The summed E-state index contributed by atoms with van der Waals surface area (Å²) >= 11 is 5.04. The van der Waals surface area contributed by atoms with E-state index in [0.717, 1.165) is 12.8 Å². The first-order chi connectivity index (χ1) is 9.19. The SMILES string of the molecule is CC1(C)CC(Nc2nccnc2C(N)=S)CC(C)(C)C1. The van der Waals surface area contributed by atoms with Gasteiger partial charge in [-0.2, -0.15) is 0 Å². The van der Waals surface area contributed by atoms with Crippen molar-refractivity contribution in [3.63, 3.8) is 0 Å². The van der Waals surface area contributed by atoms with Gasteiger partial charge < -0.3 is 11.1 Å². The van der Waals surface area contributed by atoms with Crippen LogP contribution in [0.5, 0.6) is 0 Å². The highest BCUT2D eigenvalue weighted by molar-refractivity contribution is 7.80. The molecule has 1 aliphatic carbocycles. The van der Waals surface area contributed by atoms with Gasteiger partial charge in [0.15, 0.2) is 5.82 Å². The molecule has 0 bridgehead atoms. The van der Waals surface area contributed by atoms with Gasteiger partial charge in [0.1, 0.15) is 10.7 Å². The van der Waals surface area contributed by atoms with E-state index in [2.05, 4.69) is 43.0 Å². The van der Waals surface area contributed by atoms with Gasteiger partial charge in [-0.1, -0.05) is 39.9 Å². The lowest BCUT2D eigenvalue weighted by Crippen LogP contribution is -2.40. The molecule has 0 unspecified atom stereocenters. The number of nitrogens with two attached hydrogens (primary N) is 1. The Balaban J connectivity index is 2.20. The molecule has 1 aromatic heterocycles. The van der Waals surface area contributed by atoms with E-state index in [1.165, 1.54) is 6.42 Å². The van der Waals surface area contributed by atoms with Crippen LogP contribution in [-0.2, 0) is 0 Å². The standard InChI is InChI=1S/C15H24N4S/c1-14(2)7-10(8-15(3,4)9-14)19-13-11(12(16)20)17-5-6-18-13/h5-6,10H,7-9H2,1-4H3,(H2,16,20)(H,18,19). The number of nitrogens with zero attached hydrogens (tertiary/aromatic N) is 2. The molecule has 4 nitrogen and oxygen atoms in total. The molecule has 0 aliphatic heterocycles. The molecule has 0 amide bonds. The first-order valence-corrected chi connectivity index (χ1v) is 7.47. The Kier molecular flexibility index (Phi) is 4.00. The number of rotatable bonds is 3. The molecule has 2 rings (SSSR count). The molecule has 1 fully saturated rings. The minimum atomic E-state index is 0.287. The van der Waals surface area contributed by atoms with Gasteiger partial charge >= 0.3 is 0 Å². The van der Waals surface area contributed by atoms with Crippen molar-refractivity contribution < 1.29 is 0 Å². The minimum absolute atomic E-state index is 0.287. The van der Waals surface area contributed by atoms with Crippen molar-refractivity contribution in [1.82, 2.24) is 9.97 Å². The molecule has 0 spiro atoms. The van der Waals surface area contributed by atoms with Crippen molar-refractivity contribution in [2.45, 2.75) is 53.0 Å². The second-order valence-electron chi connectivity index (χ2n) is 7.37. The molecule has 5 heteroatoms. The molecule has 1 aromatic rings. The summed E-state index contributed by atoms with van der Waals surface area (Å²) in [6.45, 7) is 9.31. The number of aromatic nitrogens is 2. The van der Waals surface area contributed by atoms with E-state index in [9.17, 15) is 0 Å². The van der Waals surface area contributed by atoms with Crippen LogP contribution in [0.2, 0.25) is 0 Å². The predicted molar refractivity (Wildman–Crippen MR) is 86.7 cm³/mol. The van der Waals surface area contributed by atoms with Crippen LogP contribution in [0.1, 0.15) is 52.7 Å². The second-order valence-corrected chi connectivity index (χ2v) is 7.81. The number of hydrogen-bond acceptors (Lipinski definition) is 4. The maximum absolute atomic E-state index is 5.72. The van der Waals surface area contributed by atoms with Crippen LogP contribution in [0.4, 0.5) is 5.82 Å². The smallest absolute Gasteiger partial charge is 0.155 e. The fourth-order valence-corrected chi connectivity index (χ4v) is 3.91. The summed E-state index contributed by atoms with van der Waals surface area (Å²) in [5, 5.41) is 3.50. The molecule has 20 heavy (non-hydrogen) atoms. The minimum Gasteiger partial charge on any atom is -0.388 e. The van der Waals surface area contributed by atoms with Crippen molar-refractivity contribution in [2.24, 2.45) is 16.6 Å². The zero-order chi connectivity index (χ0) is 15.0. The molecule has 1 heterocycles. The second kappa shape index (κ2) is 5.28. The largest absolute Gasteiger partial charge is 0.388 e. The summed E-state index contributed by atoms with van der Waals surface area (Å²) in [7, 11) is 0. The summed E-state index contributed by atoms with van der Waals surface area (Å²) in [4.78, 5) is 8.86. The highest BCUT2D eigenvalue weighted by Gasteiger charge is 2.38. The van der Waals surface area contributed by atoms with E-state index in [4.69, 9.17) is 18.0 Å². The highest BCUT2D eigenvalue weighted by Crippen LogP contribution is 2.46. The Morgan fingerprint density at radius 1 is 1.20 bits per heavy atom. The summed E-state index contributed by atoms with van der Waals surface area (Å²) in [5.41, 5.74) is 6.95. The molecule has 110 valence electrons. The third-order valence-electron chi connectivity index (χ3n) is 3.83. The third-order valence-corrected chi connectivity index (χ3v) is 4.02. The molecule has 0 saturated heterocycles. The first-order valence-electron chi connectivity index (χ1n) is 7.06.